The summed E-state index contributed by atoms with van der Waals surface area (Å²) < 4.78 is 5.51. The molecule has 6 heteroatoms. The molecule has 2 unspecified atom stereocenters. The number of fused-ring (bicyclic) bond motifs is 1. The van der Waals surface area contributed by atoms with Gasteiger partial charge >= 0.3 is 0 Å². The summed E-state index contributed by atoms with van der Waals surface area (Å²) in [5, 5.41) is 6.24. The molecule has 1 amide bonds. The molecular weight excluding hydrogens is 280 g/mol. The Kier molecular flexibility index (Phi) is 4.40. The maximum absolute atomic E-state index is 12.4. The van der Waals surface area contributed by atoms with Crippen molar-refractivity contribution in [2.24, 2.45) is 5.92 Å². The fourth-order valence-corrected chi connectivity index (χ4v) is 2.65. The summed E-state index contributed by atoms with van der Waals surface area (Å²) >= 11 is 0. The zero-order chi connectivity index (χ0) is 15.5. The number of H-pyrrole nitrogens is 1. The summed E-state index contributed by atoms with van der Waals surface area (Å²) in [6.07, 6.45) is -0.431. The summed E-state index contributed by atoms with van der Waals surface area (Å²) in [4.78, 5) is 20.3. The van der Waals surface area contributed by atoms with Gasteiger partial charge in [0.15, 0.2) is 0 Å². The van der Waals surface area contributed by atoms with Gasteiger partial charge in [-0.1, -0.05) is 26.0 Å². The molecule has 3 N–H and O–H groups in total. The Hall–Kier alpha value is -1.92. The molecule has 1 aromatic carbocycles. The van der Waals surface area contributed by atoms with Gasteiger partial charge in [0, 0.05) is 13.1 Å². The normalized spacial score (nSPS) is 20.2. The van der Waals surface area contributed by atoms with Gasteiger partial charge in [0.1, 0.15) is 11.9 Å². The van der Waals surface area contributed by atoms with E-state index in [2.05, 4.69) is 34.4 Å². The zero-order valence-corrected chi connectivity index (χ0v) is 12.9. The first kappa shape index (κ1) is 15.0. The van der Waals surface area contributed by atoms with Crippen molar-refractivity contribution in [3.05, 3.63) is 30.1 Å². The predicted molar refractivity (Wildman–Crippen MR) is 84.4 cm³/mol. The number of nitrogens with one attached hydrogen (secondary N) is 3. The highest BCUT2D eigenvalue weighted by Gasteiger charge is 2.27. The number of hydrogen-bond donors (Lipinski definition) is 3. The molecule has 0 bridgehead atoms. The van der Waals surface area contributed by atoms with Crippen LogP contribution >= 0.6 is 0 Å². The molecule has 1 aliphatic heterocycles. The number of aromatic nitrogens is 2. The van der Waals surface area contributed by atoms with Crippen molar-refractivity contribution in [1.82, 2.24) is 20.6 Å². The molecule has 2 heterocycles. The quantitative estimate of drug-likeness (QED) is 0.797. The van der Waals surface area contributed by atoms with E-state index in [9.17, 15) is 4.79 Å². The minimum atomic E-state index is -0.431. The largest absolute Gasteiger partial charge is 0.366 e. The van der Waals surface area contributed by atoms with E-state index in [1.165, 1.54) is 0 Å². The van der Waals surface area contributed by atoms with Crippen LogP contribution in [0.3, 0.4) is 0 Å². The second kappa shape index (κ2) is 6.46. The number of ether oxygens (including phenoxy) is 1. The first-order chi connectivity index (χ1) is 10.6. The van der Waals surface area contributed by atoms with E-state index in [4.69, 9.17) is 4.74 Å². The van der Waals surface area contributed by atoms with E-state index in [0.29, 0.717) is 13.2 Å². The average molecular weight is 302 g/mol. The maximum atomic E-state index is 12.4. The number of para-hydroxylation sites is 2. The minimum Gasteiger partial charge on any atom is -0.366 e. The number of morpholine rings is 1. The minimum absolute atomic E-state index is 0.0913. The molecule has 0 aliphatic carbocycles. The first-order valence-corrected chi connectivity index (χ1v) is 7.72. The number of rotatable bonds is 4. The van der Waals surface area contributed by atoms with Gasteiger partial charge in [-0.05, 0) is 18.1 Å². The monoisotopic (exact) mass is 302 g/mol. The van der Waals surface area contributed by atoms with E-state index in [-0.39, 0.29) is 17.9 Å². The second-order valence-corrected chi connectivity index (χ2v) is 5.93. The molecule has 3 rings (SSSR count). The third-order valence-corrected chi connectivity index (χ3v) is 3.89. The van der Waals surface area contributed by atoms with Crippen LogP contribution in [0.15, 0.2) is 24.3 Å². The Morgan fingerprint density at radius 1 is 1.41 bits per heavy atom. The van der Waals surface area contributed by atoms with Gasteiger partial charge < -0.3 is 20.4 Å². The molecular formula is C16H22N4O2. The second-order valence-electron chi connectivity index (χ2n) is 5.93. The van der Waals surface area contributed by atoms with Crippen LogP contribution in [0.2, 0.25) is 0 Å². The smallest absolute Gasteiger partial charge is 0.251 e. The number of aromatic amines is 1. The number of hydrogen-bond acceptors (Lipinski definition) is 4. The van der Waals surface area contributed by atoms with Crippen molar-refractivity contribution in [2.75, 3.05) is 19.7 Å². The third kappa shape index (κ3) is 3.13. The fourth-order valence-electron chi connectivity index (χ4n) is 2.65. The van der Waals surface area contributed by atoms with Crippen LogP contribution in [0.5, 0.6) is 0 Å². The molecule has 1 saturated heterocycles. The lowest BCUT2D eigenvalue weighted by atomic mass is 10.0. The van der Waals surface area contributed by atoms with Gasteiger partial charge in [-0.25, -0.2) is 4.98 Å². The molecule has 1 aliphatic rings. The Labute approximate surface area is 129 Å². The van der Waals surface area contributed by atoms with Crippen molar-refractivity contribution in [3.63, 3.8) is 0 Å². The Balaban J connectivity index is 1.78. The van der Waals surface area contributed by atoms with Gasteiger partial charge in [-0.2, -0.15) is 0 Å². The van der Waals surface area contributed by atoms with Crippen LogP contribution in [0.25, 0.3) is 11.0 Å². The Morgan fingerprint density at radius 3 is 2.91 bits per heavy atom. The van der Waals surface area contributed by atoms with Crippen LogP contribution in [0, 0.1) is 5.92 Å². The molecule has 0 saturated carbocycles. The van der Waals surface area contributed by atoms with Crippen molar-refractivity contribution in [1.29, 1.82) is 0 Å². The molecule has 0 radical (unpaired) electrons. The summed E-state index contributed by atoms with van der Waals surface area (Å²) in [7, 11) is 0. The summed E-state index contributed by atoms with van der Waals surface area (Å²) in [6, 6.07) is 7.71. The molecule has 2 aromatic rings. The highest BCUT2D eigenvalue weighted by atomic mass is 16.5. The summed E-state index contributed by atoms with van der Waals surface area (Å²) in [5.74, 6) is 0.917. The van der Waals surface area contributed by atoms with Crippen LogP contribution in [-0.4, -0.2) is 41.7 Å². The van der Waals surface area contributed by atoms with Crippen LogP contribution in [0.4, 0.5) is 0 Å². The van der Waals surface area contributed by atoms with E-state index in [1.807, 2.05) is 24.3 Å². The van der Waals surface area contributed by atoms with Crippen molar-refractivity contribution in [3.8, 4) is 0 Å². The lowest BCUT2D eigenvalue weighted by Crippen LogP contribution is -2.49. The molecule has 1 fully saturated rings. The first-order valence-electron chi connectivity index (χ1n) is 7.72. The SMILES string of the molecule is CC(C)C(NC(=O)C1CNCCO1)c1nc2ccccc2[nH]1. The standard InChI is InChI=1S/C16H22N4O2/c1-10(2)14(20-16(21)13-9-17-7-8-22-13)15-18-11-5-3-4-6-12(11)19-15/h3-6,10,13-14,17H,7-9H2,1-2H3,(H,18,19)(H,20,21). The predicted octanol–water partition coefficient (Wildman–Crippen LogP) is 1.36. The third-order valence-electron chi connectivity index (χ3n) is 3.89. The highest BCUT2D eigenvalue weighted by molar-refractivity contribution is 5.82. The molecule has 2 atom stereocenters. The van der Waals surface area contributed by atoms with E-state index < -0.39 is 6.10 Å². The molecule has 6 nitrogen and oxygen atoms in total. The van der Waals surface area contributed by atoms with Crippen molar-refractivity contribution in [2.45, 2.75) is 26.0 Å². The van der Waals surface area contributed by atoms with Crippen LogP contribution in [0.1, 0.15) is 25.7 Å². The van der Waals surface area contributed by atoms with E-state index in [0.717, 1.165) is 23.4 Å². The zero-order valence-electron chi connectivity index (χ0n) is 12.9. The summed E-state index contributed by atoms with van der Waals surface area (Å²) in [6.45, 7) is 6.04. The molecule has 1 aromatic heterocycles. The maximum Gasteiger partial charge on any atom is 0.251 e. The van der Waals surface area contributed by atoms with Gasteiger partial charge in [-0.15, -0.1) is 0 Å². The highest BCUT2D eigenvalue weighted by Crippen LogP contribution is 2.22. The van der Waals surface area contributed by atoms with Crippen LogP contribution in [-0.2, 0) is 9.53 Å². The molecule has 0 spiro atoms. The van der Waals surface area contributed by atoms with Crippen molar-refractivity contribution >= 4 is 16.9 Å². The van der Waals surface area contributed by atoms with E-state index >= 15 is 0 Å². The number of imidazole rings is 1. The van der Waals surface area contributed by atoms with Gasteiger partial charge in [0.05, 0.1) is 23.7 Å². The van der Waals surface area contributed by atoms with Crippen LogP contribution < -0.4 is 10.6 Å². The topological polar surface area (TPSA) is 79.0 Å². The lowest BCUT2D eigenvalue weighted by molar-refractivity contribution is -0.135. The average Bonchev–Trinajstić information content (AvgIpc) is 2.96. The Morgan fingerprint density at radius 2 is 2.23 bits per heavy atom. The number of carbonyl (C=O) groups excluding carboxylic acids is 1. The van der Waals surface area contributed by atoms with E-state index in [1.54, 1.807) is 0 Å². The molecule has 118 valence electrons. The number of benzene rings is 1. The molecule has 22 heavy (non-hydrogen) atoms. The Bertz CT molecular complexity index is 613. The van der Waals surface area contributed by atoms with Crippen molar-refractivity contribution < 1.29 is 9.53 Å². The number of amides is 1. The fraction of sp³-hybridized carbons (Fsp3) is 0.500. The van der Waals surface area contributed by atoms with Gasteiger partial charge in [-0.3, -0.25) is 4.79 Å². The number of carbonyl (C=O) groups is 1. The van der Waals surface area contributed by atoms with Gasteiger partial charge in [0.25, 0.3) is 5.91 Å². The summed E-state index contributed by atoms with van der Waals surface area (Å²) in [5.41, 5.74) is 1.89. The lowest BCUT2D eigenvalue weighted by Gasteiger charge is -2.26. The number of nitrogens with zero attached hydrogens (tertiary/aromatic N) is 1. The van der Waals surface area contributed by atoms with Gasteiger partial charge in [0.2, 0.25) is 0 Å².